The summed E-state index contributed by atoms with van der Waals surface area (Å²) in [7, 11) is -2.55. The fourth-order valence-corrected chi connectivity index (χ4v) is 6.18. The number of sulfonamides is 1. The van der Waals surface area contributed by atoms with Gasteiger partial charge in [0.1, 0.15) is 16.5 Å². The molecular formula is C24H28N4O4S2. The topological polar surface area (TPSA) is 110 Å². The van der Waals surface area contributed by atoms with Crippen LogP contribution in [0.3, 0.4) is 0 Å². The summed E-state index contributed by atoms with van der Waals surface area (Å²) in [4.78, 5) is 22.1. The van der Waals surface area contributed by atoms with E-state index in [2.05, 4.69) is 20.0 Å². The van der Waals surface area contributed by atoms with E-state index in [1.807, 2.05) is 26.8 Å². The molecule has 1 aliphatic rings. The number of nitrogens with one attached hydrogen (secondary N) is 2. The van der Waals surface area contributed by atoms with Crippen molar-refractivity contribution in [1.82, 2.24) is 9.97 Å². The smallest absolute Gasteiger partial charge is 0.266 e. The van der Waals surface area contributed by atoms with Crippen LogP contribution in [0.1, 0.15) is 42.6 Å². The maximum Gasteiger partial charge on any atom is 0.266 e. The number of methoxy groups -OCH3 is 1. The summed E-state index contributed by atoms with van der Waals surface area (Å²) in [5.74, 6) is 0.495. The fourth-order valence-electron chi connectivity index (χ4n) is 4.02. The van der Waals surface area contributed by atoms with Crippen molar-refractivity contribution in [2.45, 2.75) is 51.3 Å². The second kappa shape index (κ2) is 9.71. The summed E-state index contributed by atoms with van der Waals surface area (Å²) in [6.45, 7) is 5.58. The number of anilines is 2. The van der Waals surface area contributed by atoms with Crippen LogP contribution in [0.2, 0.25) is 0 Å². The van der Waals surface area contributed by atoms with E-state index in [0.29, 0.717) is 16.4 Å². The molecule has 10 heteroatoms. The average molecular weight is 501 g/mol. The van der Waals surface area contributed by atoms with Crippen molar-refractivity contribution in [3.05, 3.63) is 47.3 Å². The Morgan fingerprint density at radius 3 is 2.47 bits per heavy atom. The lowest BCUT2D eigenvalue weighted by Crippen LogP contribution is -2.20. The van der Waals surface area contributed by atoms with Gasteiger partial charge in [0.15, 0.2) is 5.13 Å². The predicted octanol–water partition coefficient (Wildman–Crippen LogP) is 5.07. The van der Waals surface area contributed by atoms with E-state index in [1.54, 1.807) is 24.3 Å². The Hall–Kier alpha value is -2.98. The molecule has 4 rings (SSSR count). The maximum atomic E-state index is 13.2. The summed E-state index contributed by atoms with van der Waals surface area (Å²) in [6, 6.07) is 8.41. The minimum absolute atomic E-state index is 0.000823. The van der Waals surface area contributed by atoms with Gasteiger partial charge in [0.2, 0.25) is 5.91 Å². The standard InChI is InChI=1S/C24H28N4O4S2/c1-14-9-12-21(25-15(14)2)28-34(30,31)20-13-18(10-11-19(20)32-4)22-16(3)26-24(33-22)27-23(29)17-7-5-6-8-17/h9-13,17H,5-8H2,1-4H3,(H,25,28)(H,26,27,29). The minimum atomic E-state index is -3.98. The van der Waals surface area contributed by atoms with Gasteiger partial charge in [-0.05, 0) is 69.0 Å². The zero-order chi connectivity index (χ0) is 24.5. The Labute approximate surface area is 203 Å². The fraction of sp³-hybridized carbons (Fsp3) is 0.375. The molecule has 1 saturated carbocycles. The third-order valence-corrected chi connectivity index (χ3v) is 8.55. The highest BCUT2D eigenvalue weighted by atomic mass is 32.2. The SMILES string of the molecule is COc1ccc(-c2sc(NC(=O)C3CCCC3)nc2C)cc1S(=O)(=O)Nc1ccc(C)c(C)n1. The van der Waals surface area contributed by atoms with Gasteiger partial charge in [-0.2, -0.15) is 0 Å². The number of thiazole rings is 1. The maximum absolute atomic E-state index is 13.2. The summed E-state index contributed by atoms with van der Waals surface area (Å²) in [5, 5.41) is 3.45. The lowest BCUT2D eigenvalue weighted by Gasteiger charge is -2.13. The number of carbonyl (C=O) groups excluding carboxylic acids is 1. The Balaban J connectivity index is 1.64. The van der Waals surface area contributed by atoms with E-state index < -0.39 is 10.0 Å². The number of aryl methyl sites for hydroxylation is 3. The lowest BCUT2D eigenvalue weighted by molar-refractivity contribution is -0.119. The van der Waals surface area contributed by atoms with Crippen molar-refractivity contribution in [3.63, 3.8) is 0 Å². The molecule has 180 valence electrons. The highest BCUT2D eigenvalue weighted by Gasteiger charge is 2.25. The zero-order valence-electron chi connectivity index (χ0n) is 19.6. The molecule has 1 fully saturated rings. The highest BCUT2D eigenvalue weighted by Crippen LogP contribution is 2.37. The second-order valence-electron chi connectivity index (χ2n) is 8.47. The number of ether oxygens (including phenoxy) is 1. The van der Waals surface area contributed by atoms with Crippen LogP contribution >= 0.6 is 11.3 Å². The molecule has 1 aliphatic carbocycles. The number of rotatable bonds is 7. The van der Waals surface area contributed by atoms with Crippen LogP contribution in [0.5, 0.6) is 5.75 Å². The van der Waals surface area contributed by atoms with Crippen molar-refractivity contribution in [1.29, 1.82) is 0 Å². The van der Waals surface area contributed by atoms with Crippen LogP contribution in [-0.2, 0) is 14.8 Å². The molecule has 0 atom stereocenters. The van der Waals surface area contributed by atoms with Crippen molar-refractivity contribution in [2.24, 2.45) is 5.92 Å². The molecule has 0 unspecified atom stereocenters. The number of aromatic nitrogens is 2. The van der Waals surface area contributed by atoms with Gasteiger partial charge >= 0.3 is 0 Å². The third-order valence-electron chi connectivity index (χ3n) is 6.06. The molecule has 0 bridgehead atoms. The van der Waals surface area contributed by atoms with E-state index in [4.69, 9.17) is 4.74 Å². The Kier molecular flexibility index (Phi) is 6.90. The van der Waals surface area contributed by atoms with Crippen LogP contribution in [0.4, 0.5) is 10.9 Å². The van der Waals surface area contributed by atoms with Crippen LogP contribution in [-0.4, -0.2) is 31.4 Å². The summed E-state index contributed by atoms with van der Waals surface area (Å²) in [6.07, 6.45) is 3.97. The van der Waals surface area contributed by atoms with Crippen molar-refractivity contribution >= 4 is 38.2 Å². The number of benzene rings is 1. The zero-order valence-corrected chi connectivity index (χ0v) is 21.3. The predicted molar refractivity (Wildman–Crippen MR) is 134 cm³/mol. The van der Waals surface area contributed by atoms with Gasteiger partial charge in [-0.3, -0.25) is 9.52 Å². The number of pyridine rings is 1. The first kappa shape index (κ1) is 24.2. The Morgan fingerprint density at radius 2 is 1.79 bits per heavy atom. The quantitative estimate of drug-likeness (QED) is 0.469. The van der Waals surface area contributed by atoms with Crippen LogP contribution in [0.15, 0.2) is 35.2 Å². The Morgan fingerprint density at radius 1 is 1.06 bits per heavy atom. The number of carbonyl (C=O) groups is 1. The number of hydrogen-bond acceptors (Lipinski definition) is 7. The molecule has 0 radical (unpaired) electrons. The summed E-state index contributed by atoms with van der Waals surface area (Å²) < 4.78 is 34.4. The van der Waals surface area contributed by atoms with E-state index in [-0.39, 0.29) is 28.3 Å². The van der Waals surface area contributed by atoms with Gasteiger partial charge < -0.3 is 10.1 Å². The van der Waals surface area contributed by atoms with Crippen LogP contribution in [0, 0.1) is 26.7 Å². The largest absolute Gasteiger partial charge is 0.495 e. The molecular weight excluding hydrogens is 472 g/mol. The average Bonchev–Trinajstić information content (AvgIpc) is 3.46. The normalized spacial score (nSPS) is 14.2. The van der Waals surface area contributed by atoms with Crippen molar-refractivity contribution < 1.29 is 17.9 Å². The third kappa shape index (κ3) is 5.07. The van der Waals surface area contributed by atoms with E-state index >= 15 is 0 Å². The van der Waals surface area contributed by atoms with Gasteiger partial charge in [-0.15, -0.1) is 0 Å². The van der Waals surface area contributed by atoms with E-state index in [1.165, 1.54) is 18.4 Å². The van der Waals surface area contributed by atoms with E-state index in [0.717, 1.165) is 41.8 Å². The second-order valence-corrected chi connectivity index (χ2v) is 11.1. The van der Waals surface area contributed by atoms with Gasteiger partial charge in [0, 0.05) is 11.6 Å². The van der Waals surface area contributed by atoms with Crippen molar-refractivity contribution in [3.8, 4) is 16.2 Å². The minimum Gasteiger partial charge on any atom is -0.495 e. The van der Waals surface area contributed by atoms with Crippen LogP contribution < -0.4 is 14.8 Å². The molecule has 1 aromatic carbocycles. The molecule has 2 aromatic heterocycles. The molecule has 0 saturated heterocycles. The molecule has 3 aromatic rings. The molecule has 1 amide bonds. The lowest BCUT2D eigenvalue weighted by atomic mass is 10.1. The van der Waals surface area contributed by atoms with Crippen LogP contribution in [0.25, 0.3) is 10.4 Å². The highest BCUT2D eigenvalue weighted by molar-refractivity contribution is 7.92. The first-order valence-corrected chi connectivity index (χ1v) is 13.4. The molecule has 8 nitrogen and oxygen atoms in total. The monoisotopic (exact) mass is 500 g/mol. The molecule has 0 aliphatic heterocycles. The first-order valence-electron chi connectivity index (χ1n) is 11.1. The van der Waals surface area contributed by atoms with Gasteiger partial charge in [0.05, 0.1) is 17.7 Å². The number of amides is 1. The van der Waals surface area contributed by atoms with Gasteiger partial charge in [-0.25, -0.2) is 18.4 Å². The number of hydrogen-bond donors (Lipinski definition) is 2. The number of nitrogens with zero attached hydrogens (tertiary/aromatic N) is 2. The molecule has 0 spiro atoms. The summed E-state index contributed by atoms with van der Waals surface area (Å²) >= 11 is 1.33. The molecule has 2 heterocycles. The Bertz CT molecular complexity index is 1330. The first-order chi connectivity index (χ1) is 16.2. The molecule has 2 N–H and O–H groups in total. The van der Waals surface area contributed by atoms with Gasteiger partial charge in [-0.1, -0.05) is 30.2 Å². The summed E-state index contributed by atoms with van der Waals surface area (Å²) in [5.41, 5.74) is 3.10. The van der Waals surface area contributed by atoms with Crippen molar-refractivity contribution in [2.75, 3.05) is 17.1 Å². The molecule has 34 heavy (non-hydrogen) atoms. The van der Waals surface area contributed by atoms with E-state index in [9.17, 15) is 13.2 Å². The van der Waals surface area contributed by atoms with Gasteiger partial charge in [0.25, 0.3) is 10.0 Å².